The van der Waals surface area contributed by atoms with Gasteiger partial charge in [0.2, 0.25) is 0 Å². The van der Waals surface area contributed by atoms with Crippen molar-refractivity contribution in [3.63, 3.8) is 0 Å². The van der Waals surface area contributed by atoms with Crippen molar-refractivity contribution < 1.29 is 32.7 Å². The van der Waals surface area contributed by atoms with Crippen molar-refractivity contribution in [2.75, 3.05) is 6.61 Å². The Morgan fingerprint density at radius 3 is 2.53 bits per heavy atom. The summed E-state index contributed by atoms with van der Waals surface area (Å²) in [4.78, 5) is 0. The third kappa shape index (κ3) is 2.13. The highest BCUT2D eigenvalue weighted by molar-refractivity contribution is 7.83. The van der Waals surface area contributed by atoms with Gasteiger partial charge in [-0.15, -0.1) is 0 Å². The molecule has 0 spiro atoms. The van der Waals surface area contributed by atoms with Crippen molar-refractivity contribution in [3.05, 3.63) is 0 Å². The number of rotatable bonds is 2. The molecule has 0 aromatic heterocycles. The molecule has 8 nitrogen and oxygen atoms in total. The second-order valence-electron chi connectivity index (χ2n) is 3.48. The predicted octanol–water partition coefficient (Wildman–Crippen LogP) is -2.78. The van der Waals surface area contributed by atoms with Crippen LogP contribution in [0.5, 0.6) is 0 Å². The largest absolute Gasteiger partial charge is 0.388 e. The zero-order valence-electron chi connectivity index (χ0n) is 7.48. The van der Waals surface area contributed by atoms with Crippen molar-refractivity contribution in [1.82, 2.24) is 4.72 Å². The Morgan fingerprint density at radius 2 is 1.93 bits per heavy atom. The maximum atomic E-state index is 10.6. The van der Waals surface area contributed by atoms with Crippen LogP contribution in [0.15, 0.2) is 0 Å². The van der Waals surface area contributed by atoms with Gasteiger partial charge in [-0.1, -0.05) is 0 Å². The molecule has 2 rings (SSSR count). The Hall–Kier alpha value is -0.290. The highest BCUT2D eigenvalue weighted by atomic mass is 32.2. The Kier molecular flexibility index (Phi) is 2.71. The highest BCUT2D eigenvalue weighted by Gasteiger charge is 2.50. The Morgan fingerprint density at radius 1 is 1.27 bits per heavy atom. The fourth-order valence-electron chi connectivity index (χ4n) is 1.70. The van der Waals surface area contributed by atoms with Gasteiger partial charge in [-0.2, -0.15) is 13.1 Å². The van der Waals surface area contributed by atoms with Crippen molar-refractivity contribution in [2.45, 2.75) is 30.6 Å². The van der Waals surface area contributed by atoms with Gasteiger partial charge in [0.15, 0.2) is 6.29 Å². The van der Waals surface area contributed by atoms with Crippen molar-refractivity contribution >= 4 is 10.3 Å². The van der Waals surface area contributed by atoms with Crippen LogP contribution in [0.25, 0.3) is 0 Å². The molecule has 2 fully saturated rings. The minimum atomic E-state index is -4.49. The molecule has 2 bridgehead atoms. The lowest BCUT2D eigenvalue weighted by molar-refractivity contribution is -0.181. The predicted molar refractivity (Wildman–Crippen MR) is 45.1 cm³/mol. The van der Waals surface area contributed by atoms with Gasteiger partial charge in [0.25, 0.3) is 0 Å². The monoisotopic (exact) mass is 241 g/mol. The quantitative estimate of drug-likeness (QED) is 0.385. The van der Waals surface area contributed by atoms with Crippen LogP contribution < -0.4 is 4.72 Å². The highest BCUT2D eigenvalue weighted by Crippen LogP contribution is 2.28. The molecule has 9 heteroatoms. The maximum Gasteiger partial charge on any atom is 0.333 e. The zero-order valence-corrected chi connectivity index (χ0v) is 8.29. The smallest absolute Gasteiger partial charge is 0.333 e. The maximum absolute atomic E-state index is 10.6. The van der Waals surface area contributed by atoms with Crippen LogP contribution in [0.3, 0.4) is 0 Å². The van der Waals surface area contributed by atoms with Gasteiger partial charge in [0, 0.05) is 0 Å². The fourth-order valence-corrected chi connectivity index (χ4v) is 2.29. The molecule has 5 atom stereocenters. The first kappa shape index (κ1) is 11.2. The molecular formula is C6H11NO7S. The standard InChI is InChI=1S/C6H11NO7S/c8-4-2-1-13-6(14-2)3(5(4)9)7-15(10,11)12/h2-9H,1H2,(H,10,11,12). The molecule has 2 heterocycles. The van der Waals surface area contributed by atoms with Crippen LogP contribution in [0.2, 0.25) is 0 Å². The van der Waals surface area contributed by atoms with Gasteiger partial charge in [-0.05, 0) is 0 Å². The summed E-state index contributed by atoms with van der Waals surface area (Å²) >= 11 is 0. The number of aliphatic hydroxyl groups excluding tert-OH is 2. The summed E-state index contributed by atoms with van der Waals surface area (Å²) in [6.07, 6.45) is -4.28. The molecule has 2 aliphatic rings. The van der Waals surface area contributed by atoms with Crippen LogP contribution >= 0.6 is 0 Å². The molecule has 4 N–H and O–H groups in total. The van der Waals surface area contributed by atoms with Crippen LogP contribution in [0.1, 0.15) is 0 Å². The van der Waals surface area contributed by atoms with E-state index in [2.05, 4.69) is 0 Å². The lowest BCUT2D eigenvalue weighted by Gasteiger charge is -2.35. The van der Waals surface area contributed by atoms with E-state index in [-0.39, 0.29) is 6.61 Å². The third-order valence-electron chi connectivity index (χ3n) is 2.41. The minimum absolute atomic E-state index is 0.0759. The summed E-state index contributed by atoms with van der Waals surface area (Å²) < 4.78 is 41.5. The molecule has 0 amide bonds. The van der Waals surface area contributed by atoms with Crippen molar-refractivity contribution in [3.8, 4) is 0 Å². The van der Waals surface area contributed by atoms with Crippen LogP contribution in [0, 0.1) is 0 Å². The molecule has 5 unspecified atom stereocenters. The van der Waals surface area contributed by atoms with Gasteiger partial charge in [-0.25, -0.2) is 0 Å². The van der Waals surface area contributed by atoms with E-state index in [9.17, 15) is 18.6 Å². The fraction of sp³-hybridized carbons (Fsp3) is 1.00. The molecule has 0 saturated carbocycles. The van der Waals surface area contributed by atoms with Crippen LogP contribution in [0.4, 0.5) is 0 Å². The number of hydrogen-bond acceptors (Lipinski definition) is 6. The summed E-state index contributed by atoms with van der Waals surface area (Å²) in [6.45, 7) is 0.0759. The molecule has 0 aromatic carbocycles. The number of aliphatic hydroxyl groups is 2. The normalized spacial score (nSPS) is 45.7. The second-order valence-corrected chi connectivity index (χ2v) is 4.66. The molecule has 0 radical (unpaired) electrons. The summed E-state index contributed by atoms with van der Waals surface area (Å²) in [5.41, 5.74) is 0. The van der Waals surface area contributed by atoms with E-state index in [4.69, 9.17) is 14.0 Å². The lowest BCUT2D eigenvalue weighted by Crippen LogP contribution is -2.60. The molecular weight excluding hydrogens is 230 g/mol. The Bertz CT molecular complexity index is 343. The molecule has 2 aliphatic heterocycles. The molecule has 15 heavy (non-hydrogen) atoms. The Labute approximate surface area is 85.7 Å². The number of hydrogen-bond donors (Lipinski definition) is 4. The molecule has 0 aliphatic carbocycles. The zero-order chi connectivity index (χ0) is 11.2. The van der Waals surface area contributed by atoms with Gasteiger partial charge in [0.1, 0.15) is 24.4 Å². The summed E-state index contributed by atoms with van der Waals surface area (Å²) in [5, 5.41) is 19.0. The first-order valence-electron chi connectivity index (χ1n) is 4.26. The summed E-state index contributed by atoms with van der Waals surface area (Å²) in [5.74, 6) is 0. The van der Waals surface area contributed by atoms with E-state index in [0.29, 0.717) is 0 Å². The van der Waals surface area contributed by atoms with E-state index in [1.54, 1.807) is 4.72 Å². The SMILES string of the molecule is O=S(=O)(O)NC1C2OCC(O2)C(O)C1O. The number of ether oxygens (including phenoxy) is 2. The average Bonchev–Trinajstić information content (AvgIpc) is 2.54. The van der Waals surface area contributed by atoms with Crippen LogP contribution in [-0.2, 0) is 19.8 Å². The van der Waals surface area contributed by atoms with E-state index in [1.165, 1.54) is 0 Å². The summed E-state index contributed by atoms with van der Waals surface area (Å²) in [7, 11) is -4.49. The first-order chi connectivity index (χ1) is 6.88. The van der Waals surface area contributed by atoms with Crippen LogP contribution in [-0.4, -0.2) is 60.4 Å². The van der Waals surface area contributed by atoms with Gasteiger partial charge in [-0.3, -0.25) is 4.55 Å². The molecule has 88 valence electrons. The molecule has 2 saturated heterocycles. The van der Waals surface area contributed by atoms with Crippen molar-refractivity contribution in [2.24, 2.45) is 0 Å². The lowest BCUT2D eigenvalue weighted by atomic mass is 10.00. The third-order valence-corrected chi connectivity index (χ3v) is 2.98. The van der Waals surface area contributed by atoms with E-state index < -0.39 is 40.9 Å². The van der Waals surface area contributed by atoms with E-state index in [1.807, 2.05) is 0 Å². The summed E-state index contributed by atoms with van der Waals surface area (Å²) in [6, 6.07) is -1.21. The topological polar surface area (TPSA) is 125 Å². The van der Waals surface area contributed by atoms with Gasteiger partial charge < -0.3 is 19.7 Å². The molecule has 0 aromatic rings. The van der Waals surface area contributed by atoms with Gasteiger partial charge in [0.05, 0.1) is 6.61 Å². The second kappa shape index (κ2) is 3.63. The van der Waals surface area contributed by atoms with Crippen molar-refractivity contribution in [1.29, 1.82) is 0 Å². The van der Waals surface area contributed by atoms with E-state index >= 15 is 0 Å². The van der Waals surface area contributed by atoms with Gasteiger partial charge >= 0.3 is 10.3 Å². The number of nitrogens with one attached hydrogen (secondary N) is 1. The first-order valence-corrected chi connectivity index (χ1v) is 5.70. The van der Waals surface area contributed by atoms with E-state index in [0.717, 1.165) is 0 Å². The average molecular weight is 241 g/mol. The number of fused-ring (bicyclic) bond motifs is 2. The Balaban J connectivity index is 2.16. The minimum Gasteiger partial charge on any atom is -0.388 e.